The van der Waals surface area contributed by atoms with Gasteiger partial charge < -0.3 is 58.4 Å². The summed E-state index contributed by atoms with van der Waals surface area (Å²) < 4.78 is 0. The van der Waals surface area contributed by atoms with Crippen molar-refractivity contribution in [2.24, 2.45) is 23.5 Å². The first-order valence-corrected chi connectivity index (χ1v) is 21.3. The second-order valence-corrected chi connectivity index (χ2v) is 16.6. The number of unbranched alkanes of at least 4 members (excludes halogenated alkanes) is 2. The molecule has 20 heteroatoms. The molecule has 6 atom stereocenters. The highest BCUT2D eigenvalue weighted by Crippen LogP contribution is 2.12. The zero-order valence-corrected chi connectivity index (χ0v) is 37.6. The highest BCUT2D eigenvalue weighted by atomic mass is 16.2. The van der Waals surface area contributed by atoms with E-state index in [9.17, 15) is 47.9 Å². The van der Waals surface area contributed by atoms with Gasteiger partial charge >= 0.3 is 0 Å². The molecule has 0 saturated carbocycles. The molecule has 0 aliphatic rings. The zero-order valence-electron chi connectivity index (χ0n) is 37.6. The predicted molar refractivity (Wildman–Crippen MR) is 229 cm³/mol. The number of hydrogen-bond donors (Lipinski definition) is 10. The van der Waals surface area contributed by atoms with Crippen LogP contribution >= 0.6 is 0 Å². The molecule has 0 heterocycles. The maximum Gasteiger partial charge on any atom is 0.243 e. The van der Waals surface area contributed by atoms with Gasteiger partial charge in [-0.05, 0) is 82.5 Å². The van der Waals surface area contributed by atoms with Crippen LogP contribution in [0.3, 0.4) is 0 Å². The number of aldehydes is 1. The van der Waals surface area contributed by atoms with Crippen molar-refractivity contribution in [3.63, 3.8) is 0 Å². The minimum atomic E-state index is -1.12. The summed E-state index contributed by atoms with van der Waals surface area (Å²) in [6.45, 7) is 15.3. The first kappa shape index (κ1) is 55.9. The van der Waals surface area contributed by atoms with E-state index in [-0.39, 0.29) is 68.2 Å². The lowest BCUT2D eigenvalue weighted by Gasteiger charge is -2.28. The SMILES string of the molecule is CC(=O)NCCCC[C@H](NC(=O)[C@H](C)N)C(=O)NCC(=O)N[C@@H](CC(C)C)C(=O)N[C@@H](CC(C)C)C(=O)N[C@@H](CC(C)C)C(=O)N[C@@H](CCCCNC(C)=O)C(=O)NCC=O. The molecule has 0 bridgehead atoms. The summed E-state index contributed by atoms with van der Waals surface area (Å²) >= 11 is 0. The third-order valence-corrected chi connectivity index (χ3v) is 9.09. The molecule has 0 spiro atoms. The van der Waals surface area contributed by atoms with Crippen LogP contribution in [0.15, 0.2) is 0 Å². The Balaban J connectivity index is 5.98. The molecule has 0 radical (unpaired) electrons. The lowest BCUT2D eigenvalue weighted by Crippen LogP contribution is -2.59. The molecule has 0 fully saturated rings. The summed E-state index contributed by atoms with van der Waals surface area (Å²) in [5.74, 6) is -5.09. The van der Waals surface area contributed by atoms with E-state index in [1.165, 1.54) is 20.8 Å². The average molecular weight is 867 g/mol. The molecular formula is C41H74N10O10. The molecule has 348 valence electrons. The highest BCUT2D eigenvalue weighted by molar-refractivity contribution is 5.96. The van der Waals surface area contributed by atoms with Crippen LogP contribution in [0.5, 0.6) is 0 Å². The summed E-state index contributed by atoms with van der Waals surface area (Å²) in [4.78, 5) is 126. The fourth-order valence-corrected chi connectivity index (χ4v) is 6.04. The van der Waals surface area contributed by atoms with Gasteiger partial charge in [-0.3, -0.25) is 43.2 Å². The van der Waals surface area contributed by atoms with Crippen molar-refractivity contribution in [3.8, 4) is 0 Å². The Hall–Kier alpha value is -5.14. The van der Waals surface area contributed by atoms with Crippen LogP contribution in [0.1, 0.15) is 120 Å². The molecule has 61 heavy (non-hydrogen) atoms. The van der Waals surface area contributed by atoms with Crippen LogP contribution in [0, 0.1) is 17.8 Å². The topological polar surface area (TPSA) is 305 Å². The number of nitrogens with one attached hydrogen (secondary N) is 9. The standard InChI is InChI=1S/C41H74N10O10/c1-24(2)20-32(47-35(55)23-46-38(58)31(48-36(56)27(7)42)15-11-13-17-44-29(9)54)39(59)50-34(22-26(5)6)41(61)51-33(21-25(3)4)40(60)49-30(37(57)45-18-19-52)14-10-12-16-43-28(8)53/h19,24-27,30-34H,10-18,20-23,42H2,1-9H3,(H,43,53)(H,44,54)(H,45,57)(H,46,58)(H,47,55)(H,48,56)(H,49,60)(H,50,59)(H,51,61)/t27-,30-,31-,32-,33-,34-/m0/s1. The summed E-state index contributed by atoms with van der Waals surface area (Å²) in [5, 5.41) is 23.7. The molecule has 0 aliphatic carbocycles. The van der Waals surface area contributed by atoms with Crippen LogP contribution < -0.4 is 53.6 Å². The molecule has 9 amide bonds. The summed E-state index contributed by atoms with van der Waals surface area (Å²) in [6, 6.07) is -6.28. The first-order chi connectivity index (χ1) is 28.6. The lowest BCUT2D eigenvalue weighted by atomic mass is 9.98. The molecule has 0 aromatic carbocycles. The number of nitrogens with two attached hydrogens (primary N) is 1. The van der Waals surface area contributed by atoms with Gasteiger partial charge in [0.15, 0.2) is 0 Å². The first-order valence-electron chi connectivity index (χ1n) is 21.3. The Labute approximate surface area is 360 Å². The van der Waals surface area contributed by atoms with E-state index < -0.39 is 84.1 Å². The van der Waals surface area contributed by atoms with Crippen LogP contribution in [0.25, 0.3) is 0 Å². The second kappa shape index (κ2) is 30.8. The molecule has 0 unspecified atom stereocenters. The molecular weight excluding hydrogens is 793 g/mol. The van der Waals surface area contributed by atoms with Gasteiger partial charge in [0.05, 0.1) is 19.1 Å². The van der Waals surface area contributed by atoms with Gasteiger partial charge in [0.1, 0.15) is 36.5 Å². The van der Waals surface area contributed by atoms with E-state index in [0.717, 1.165) is 0 Å². The van der Waals surface area contributed by atoms with Crippen LogP contribution in [0.4, 0.5) is 0 Å². The van der Waals surface area contributed by atoms with Crippen LogP contribution in [-0.2, 0) is 47.9 Å². The number of carbonyl (C=O) groups excluding carboxylic acids is 10. The van der Waals surface area contributed by atoms with Crippen LogP contribution in [0.2, 0.25) is 0 Å². The third kappa shape index (κ3) is 26.6. The Morgan fingerprint density at radius 2 is 0.820 bits per heavy atom. The fraction of sp³-hybridized carbons (Fsp3) is 0.756. The van der Waals surface area contributed by atoms with Gasteiger partial charge in [-0.2, -0.15) is 0 Å². The Morgan fingerprint density at radius 3 is 1.18 bits per heavy atom. The van der Waals surface area contributed by atoms with Gasteiger partial charge in [-0.1, -0.05) is 41.5 Å². The Bertz CT molecular complexity index is 1460. The summed E-state index contributed by atoms with van der Waals surface area (Å²) in [5.41, 5.74) is 5.68. The predicted octanol–water partition coefficient (Wildman–Crippen LogP) is -1.06. The average Bonchev–Trinajstić information content (AvgIpc) is 3.15. The zero-order chi connectivity index (χ0) is 46.7. The Kier molecular flexibility index (Phi) is 28.2. The van der Waals surface area contributed by atoms with Crippen molar-refractivity contribution < 1.29 is 47.9 Å². The molecule has 0 rings (SSSR count). The van der Waals surface area contributed by atoms with Gasteiger partial charge in [0.25, 0.3) is 0 Å². The van der Waals surface area contributed by atoms with E-state index in [1.54, 1.807) is 0 Å². The number of carbonyl (C=O) groups is 10. The monoisotopic (exact) mass is 867 g/mol. The molecule has 0 aromatic heterocycles. The smallest absolute Gasteiger partial charge is 0.243 e. The Morgan fingerprint density at radius 1 is 0.459 bits per heavy atom. The van der Waals surface area contributed by atoms with E-state index in [4.69, 9.17) is 5.73 Å². The number of amides is 9. The number of hydrogen-bond acceptors (Lipinski definition) is 11. The van der Waals surface area contributed by atoms with E-state index in [2.05, 4.69) is 47.9 Å². The minimum absolute atomic E-state index is 0.0777. The number of rotatable bonds is 31. The van der Waals surface area contributed by atoms with Crippen molar-refractivity contribution in [2.45, 2.75) is 156 Å². The van der Waals surface area contributed by atoms with Gasteiger partial charge in [-0.25, -0.2) is 0 Å². The second-order valence-electron chi connectivity index (χ2n) is 16.6. The van der Waals surface area contributed by atoms with Gasteiger partial charge in [0.2, 0.25) is 53.2 Å². The molecule has 20 nitrogen and oxygen atoms in total. The highest BCUT2D eigenvalue weighted by Gasteiger charge is 2.32. The van der Waals surface area contributed by atoms with E-state index >= 15 is 0 Å². The van der Waals surface area contributed by atoms with Crippen molar-refractivity contribution in [1.82, 2.24) is 47.9 Å². The molecule has 11 N–H and O–H groups in total. The van der Waals surface area contributed by atoms with Crippen molar-refractivity contribution in [3.05, 3.63) is 0 Å². The minimum Gasteiger partial charge on any atom is -0.356 e. The molecule has 0 saturated heterocycles. The van der Waals surface area contributed by atoms with Gasteiger partial charge in [0, 0.05) is 26.9 Å². The van der Waals surface area contributed by atoms with E-state index in [0.29, 0.717) is 45.1 Å². The fourth-order valence-electron chi connectivity index (χ4n) is 6.04. The normalized spacial score (nSPS) is 14.0. The largest absolute Gasteiger partial charge is 0.356 e. The summed E-state index contributed by atoms with van der Waals surface area (Å²) in [7, 11) is 0. The molecule has 0 aromatic rings. The quantitative estimate of drug-likeness (QED) is 0.0296. The van der Waals surface area contributed by atoms with Crippen molar-refractivity contribution >= 4 is 59.5 Å². The lowest BCUT2D eigenvalue weighted by molar-refractivity contribution is -0.135. The summed E-state index contributed by atoms with van der Waals surface area (Å²) in [6.07, 6.45) is 3.46. The molecule has 0 aliphatic heterocycles. The van der Waals surface area contributed by atoms with Crippen molar-refractivity contribution in [2.75, 3.05) is 26.2 Å². The van der Waals surface area contributed by atoms with Gasteiger partial charge in [-0.15, -0.1) is 0 Å². The third-order valence-electron chi connectivity index (χ3n) is 9.09. The maximum atomic E-state index is 13.9. The van der Waals surface area contributed by atoms with Crippen molar-refractivity contribution in [1.29, 1.82) is 0 Å². The maximum absolute atomic E-state index is 13.9. The van der Waals surface area contributed by atoms with E-state index in [1.807, 2.05) is 41.5 Å². The van der Waals surface area contributed by atoms with Crippen LogP contribution in [-0.4, -0.2) is 122 Å².